The lowest BCUT2D eigenvalue weighted by Crippen LogP contribution is -2.21. The molecule has 0 saturated carbocycles. The van der Waals surface area contributed by atoms with Crippen LogP contribution >= 0.6 is 0 Å². The summed E-state index contributed by atoms with van der Waals surface area (Å²) >= 11 is 0. The zero-order valence-corrected chi connectivity index (χ0v) is 10.8. The Balaban J connectivity index is 2.16. The second-order valence-electron chi connectivity index (χ2n) is 4.23. The fourth-order valence-electron chi connectivity index (χ4n) is 1.94. The van der Waals surface area contributed by atoms with Gasteiger partial charge in [0.1, 0.15) is 5.82 Å². The first kappa shape index (κ1) is 12.5. The lowest BCUT2D eigenvalue weighted by molar-refractivity contribution is 0.795. The van der Waals surface area contributed by atoms with Crippen LogP contribution < -0.4 is 10.2 Å². The van der Waals surface area contributed by atoms with Gasteiger partial charge in [-0.15, -0.1) is 0 Å². The zero-order chi connectivity index (χ0) is 12.8. The third-order valence-corrected chi connectivity index (χ3v) is 2.74. The number of hydrogen-bond acceptors (Lipinski definition) is 4. The lowest BCUT2D eigenvalue weighted by Gasteiger charge is -2.21. The highest BCUT2D eigenvalue weighted by Crippen LogP contribution is 2.17. The summed E-state index contributed by atoms with van der Waals surface area (Å²) in [7, 11) is 3.99. The van der Waals surface area contributed by atoms with E-state index in [1.807, 2.05) is 31.6 Å². The molecule has 18 heavy (non-hydrogen) atoms. The predicted molar refractivity (Wildman–Crippen MR) is 73.3 cm³/mol. The van der Waals surface area contributed by atoms with Gasteiger partial charge < -0.3 is 10.2 Å². The van der Waals surface area contributed by atoms with Crippen molar-refractivity contribution >= 4 is 5.82 Å². The van der Waals surface area contributed by atoms with Gasteiger partial charge in [0, 0.05) is 44.3 Å². The van der Waals surface area contributed by atoms with Gasteiger partial charge in [-0.1, -0.05) is 12.1 Å². The summed E-state index contributed by atoms with van der Waals surface area (Å²) in [6.07, 6.45) is 5.50. The quantitative estimate of drug-likeness (QED) is 0.868. The second kappa shape index (κ2) is 6.12. The third kappa shape index (κ3) is 3.05. The number of nitrogens with one attached hydrogen (secondary N) is 1. The summed E-state index contributed by atoms with van der Waals surface area (Å²) in [5.74, 6) is 1.01. The number of pyridine rings is 2. The molecular formula is C14H18N4. The average molecular weight is 242 g/mol. The molecule has 0 aliphatic heterocycles. The average Bonchev–Trinajstić information content (AvgIpc) is 2.41. The number of anilines is 1. The molecule has 0 aliphatic carbocycles. The van der Waals surface area contributed by atoms with Crippen LogP contribution in [-0.2, 0) is 13.1 Å². The minimum Gasteiger partial charge on any atom is -0.355 e. The molecule has 0 bridgehead atoms. The Labute approximate surface area is 108 Å². The van der Waals surface area contributed by atoms with Crippen molar-refractivity contribution in [3.63, 3.8) is 0 Å². The van der Waals surface area contributed by atoms with Crippen LogP contribution in [0.15, 0.2) is 42.9 Å². The van der Waals surface area contributed by atoms with Crippen molar-refractivity contribution in [3.05, 3.63) is 54.0 Å². The van der Waals surface area contributed by atoms with E-state index in [1.54, 1.807) is 6.20 Å². The standard InChI is InChI=1S/C14H18N4/c1-15-10-13-6-4-8-17-14(13)18(2)11-12-5-3-7-16-9-12/h3-9,15H,10-11H2,1-2H3. The molecule has 0 radical (unpaired) electrons. The Morgan fingerprint density at radius 1 is 1.22 bits per heavy atom. The van der Waals surface area contributed by atoms with Gasteiger partial charge in [0.2, 0.25) is 0 Å². The summed E-state index contributed by atoms with van der Waals surface area (Å²) in [6, 6.07) is 8.09. The molecular weight excluding hydrogens is 224 g/mol. The summed E-state index contributed by atoms with van der Waals surface area (Å²) in [6.45, 7) is 1.63. The summed E-state index contributed by atoms with van der Waals surface area (Å²) in [5, 5.41) is 3.16. The second-order valence-corrected chi connectivity index (χ2v) is 4.23. The summed E-state index contributed by atoms with van der Waals surface area (Å²) in [5.41, 5.74) is 2.38. The summed E-state index contributed by atoms with van der Waals surface area (Å²) < 4.78 is 0. The first-order valence-corrected chi connectivity index (χ1v) is 6.00. The number of nitrogens with zero attached hydrogens (tertiary/aromatic N) is 3. The molecule has 4 nitrogen and oxygen atoms in total. The minimum atomic E-state index is 0.807. The van der Waals surface area contributed by atoms with E-state index in [-0.39, 0.29) is 0 Å². The zero-order valence-electron chi connectivity index (χ0n) is 10.8. The van der Waals surface area contributed by atoms with Crippen LogP contribution in [0.4, 0.5) is 5.82 Å². The summed E-state index contributed by atoms with van der Waals surface area (Å²) in [4.78, 5) is 10.7. The van der Waals surface area contributed by atoms with Crippen LogP contribution in [0.2, 0.25) is 0 Å². The van der Waals surface area contributed by atoms with Crippen LogP contribution in [0.3, 0.4) is 0 Å². The van der Waals surface area contributed by atoms with Crippen molar-refractivity contribution < 1.29 is 0 Å². The molecule has 0 atom stereocenters. The van der Waals surface area contributed by atoms with E-state index in [4.69, 9.17) is 0 Å². The van der Waals surface area contributed by atoms with E-state index in [0.29, 0.717) is 0 Å². The Kier molecular flexibility index (Phi) is 4.25. The maximum atomic E-state index is 4.46. The number of aromatic nitrogens is 2. The fraction of sp³-hybridized carbons (Fsp3) is 0.286. The van der Waals surface area contributed by atoms with Gasteiger partial charge in [-0.3, -0.25) is 4.98 Å². The molecule has 2 aromatic heterocycles. The molecule has 0 fully saturated rings. The van der Waals surface area contributed by atoms with Crippen molar-refractivity contribution in [2.45, 2.75) is 13.1 Å². The topological polar surface area (TPSA) is 41.1 Å². The Hall–Kier alpha value is -1.94. The van der Waals surface area contributed by atoms with Gasteiger partial charge >= 0.3 is 0 Å². The predicted octanol–water partition coefficient (Wildman–Crippen LogP) is 1.83. The monoisotopic (exact) mass is 242 g/mol. The maximum Gasteiger partial charge on any atom is 0.133 e. The Bertz CT molecular complexity index is 484. The maximum absolute atomic E-state index is 4.46. The number of hydrogen-bond donors (Lipinski definition) is 1. The third-order valence-electron chi connectivity index (χ3n) is 2.74. The first-order chi connectivity index (χ1) is 8.81. The highest BCUT2D eigenvalue weighted by Gasteiger charge is 2.08. The van der Waals surface area contributed by atoms with Gasteiger partial charge in [-0.25, -0.2) is 4.98 Å². The highest BCUT2D eigenvalue weighted by atomic mass is 15.2. The Morgan fingerprint density at radius 2 is 2.06 bits per heavy atom. The smallest absolute Gasteiger partial charge is 0.133 e. The van der Waals surface area contributed by atoms with Crippen molar-refractivity contribution in [2.24, 2.45) is 0 Å². The van der Waals surface area contributed by atoms with Gasteiger partial charge in [0.15, 0.2) is 0 Å². The molecule has 2 rings (SSSR count). The van der Waals surface area contributed by atoms with Crippen molar-refractivity contribution in [1.29, 1.82) is 0 Å². The first-order valence-electron chi connectivity index (χ1n) is 6.00. The van der Waals surface area contributed by atoms with Crippen molar-refractivity contribution in [2.75, 3.05) is 19.0 Å². The van der Waals surface area contributed by atoms with Gasteiger partial charge in [-0.2, -0.15) is 0 Å². The van der Waals surface area contributed by atoms with E-state index in [0.717, 1.165) is 18.9 Å². The van der Waals surface area contributed by atoms with Crippen LogP contribution in [0.25, 0.3) is 0 Å². The highest BCUT2D eigenvalue weighted by molar-refractivity contribution is 5.46. The van der Waals surface area contributed by atoms with Gasteiger partial charge in [-0.05, 0) is 24.7 Å². The normalized spacial score (nSPS) is 10.3. The Morgan fingerprint density at radius 3 is 2.78 bits per heavy atom. The van der Waals surface area contributed by atoms with Gasteiger partial charge in [0.05, 0.1) is 0 Å². The SMILES string of the molecule is CNCc1cccnc1N(C)Cc1cccnc1. The lowest BCUT2D eigenvalue weighted by atomic mass is 10.2. The largest absolute Gasteiger partial charge is 0.355 e. The van der Waals surface area contributed by atoms with Gasteiger partial charge in [0.25, 0.3) is 0 Å². The molecule has 0 saturated heterocycles. The molecule has 1 N–H and O–H groups in total. The molecule has 94 valence electrons. The van der Waals surface area contributed by atoms with E-state index >= 15 is 0 Å². The van der Waals surface area contributed by atoms with Crippen LogP contribution in [0.1, 0.15) is 11.1 Å². The van der Waals surface area contributed by atoms with E-state index < -0.39 is 0 Å². The van der Waals surface area contributed by atoms with Crippen molar-refractivity contribution in [3.8, 4) is 0 Å². The van der Waals surface area contributed by atoms with Crippen LogP contribution in [0.5, 0.6) is 0 Å². The molecule has 0 spiro atoms. The molecule has 4 heteroatoms. The fourth-order valence-corrected chi connectivity index (χ4v) is 1.94. The minimum absolute atomic E-state index is 0.807. The number of rotatable bonds is 5. The van der Waals surface area contributed by atoms with E-state index in [2.05, 4.69) is 39.4 Å². The molecule has 0 unspecified atom stereocenters. The molecule has 2 aromatic rings. The van der Waals surface area contributed by atoms with Crippen LogP contribution in [-0.4, -0.2) is 24.1 Å². The molecule has 0 aromatic carbocycles. The van der Waals surface area contributed by atoms with E-state index in [9.17, 15) is 0 Å². The molecule has 0 amide bonds. The van der Waals surface area contributed by atoms with Crippen molar-refractivity contribution in [1.82, 2.24) is 15.3 Å². The molecule has 0 aliphatic rings. The van der Waals surface area contributed by atoms with E-state index in [1.165, 1.54) is 11.1 Å². The van der Waals surface area contributed by atoms with Crippen LogP contribution in [0, 0.1) is 0 Å². The molecule has 2 heterocycles.